The number of amides is 3. The number of morpholine rings is 1. The lowest BCUT2D eigenvalue weighted by atomic mass is 9.93. The zero-order valence-corrected chi connectivity index (χ0v) is 19.0. The van der Waals surface area contributed by atoms with Gasteiger partial charge in [0.1, 0.15) is 0 Å². The van der Waals surface area contributed by atoms with Gasteiger partial charge in [0.15, 0.2) is 0 Å². The third-order valence-electron chi connectivity index (χ3n) is 5.61. The minimum atomic E-state index is -0.441. The molecule has 0 aliphatic carbocycles. The Balaban J connectivity index is 1.27. The minimum absolute atomic E-state index is 0.110. The van der Waals surface area contributed by atoms with Crippen LogP contribution < -0.4 is 5.32 Å². The van der Waals surface area contributed by atoms with E-state index in [1.54, 1.807) is 29.2 Å². The highest BCUT2D eigenvalue weighted by molar-refractivity contribution is 7.15. The molecule has 2 saturated heterocycles. The Morgan fingerprint density at radius 3 is 2.50 bits per heavy atom. The van der Waals surface area contributed by atoms with E-state index in [1.807, 2.05) is 4.90 Å². The molecule has 3 amide bonds. The van der Waals surface area contributed by atoms with Gasteiger partial charge in [-0.1, -0.05) is 29.0 Å². The summed E-state index contributed by atoms with van der Waals surface area (Å²) >= 11 is 6.90. The van der Waals surface area contributed by atoms with Crippen LogP contribution in [0.15, 0.2) is 24.3 Å². The normalized spacial score (nSPS) is 17.3. The monoisotopic (exact) mass is 477 g/mol. The van der Waals surface area contributed by atoms with E-state index in [4.69, 9.17) is 16.3 Å². The molecule has 3 heterocycles. The van der Waals surface area contributed by atoms with E-state index in [2.05, 4.69) is 15.5 Å². The van der Waals surface area contributed by atoms with Crippen molar-refractivity contribution in [1.82, 2.24) is 20.0 Å². The number of hydrogen-bond donors (Lipinski definition) is 1. The van der Waals surface area contributed by atoms with Crippen LogP contribution in [-0.2, 0) is 9.53 Å². The number of anilines is 1. The van der Waals surface area contributed by atoms with Gasteiger partial charge in [0, 0.05) is 43.3 Å². The summed E-state index contributed by atoms with van der Waals surface area (Å²) in [5, 5.41) is 11.3. The van der Waals surface area contributed by atoms with Gasteiger partial charge in [-0.05, 0) is 37.0 Å². The number of benzene rings is 1. The van der Waals surface area contributed by atoms with Crippen molar-refractivity contribution in [3.05, 3.63) is 39.3 Å². The molecule has 9 nitrogen and oxygen atoms in total. The first kappa shape index (κ1) is 22.6. The maximum Gasteiger partial charge on any atom is 0.286 e. The third-order valence-corrected chi connectivity index (χ3v) is 6.76. The molecule has 170 valence electrons. The fourth-order valence-electron chi connectivity index (χ4n) is 3.82. The quantitative estimate of drug-likeness (QED) is 0.709. The van der Waals surface area contributed by atoms with Gasteiger partial charge in [0.05, 0.1) is 13.2 Å². The van der Waals surface area contributed by atoms with E-state index in [9.17, 15) is 14.4 Å². The van der Waals surface area contributed by atoms with Crippen LogP contribution in [0.1, 0.15) is 38.9 Å². The third kappa shape index (κ3) is 5.62. The predicted molar refractivity (Wildman–Crippen MR) is 120 cm³/mol. The van der Waals surface area contributed by atoms with Crippen LogP contribution >= 0.6 is 22.9 Å². The molecule has 0 spiro atoms. The molecule has 2 aliphatic rings. The van der Waals surface area contributed by atoms with E-state index in [-0.39, 0.29) is 27.7 Å². The smallest absolute Gasteiger partial charge is 0.286 e. The van der Waals surface area contributed by atoms with E-state index in [0.717, 1.165) is 24.2 Å². The van der Waals surface area contributed by atoms with Gasteiger partial charge in [-0.2, -0.15) is 0 Å². The lowest BCUT2D eigenvalue weighted by Crippen LogP contribution is -2.43. The Kier molecular flexibility index (Phi) is 7.33. The van der Waals surface area contributed by atoms with Gasteiger partial charge in [-0.3, -0.25) is 14.4 Å². The van der Waals surface area contributed by atoms with E-state index in [0.29, 0.717) is 56.5 Å². The number of aromatic nitrogens is 2. The van der Waals surface area contributed by atoms with Gasteiger partial charge >= 0.3 is 0 Å². The Morgan fingerprint density at radius 2 is 1.78 bits per heavy atom. The summed E-state index contributed by atoms with van der Waals surface area (Å²) < 4.78 is 5.29. The average Bonchev–Trinajstić information content (AvgIpc) is 3.30. The highest BCUT2D eigenvalue weighted by Crippen LogP contribution is 2.24. The molecule has 0 saturated carbocycles. The molecule has 11 heteroatoms. The lowest BCUT2D eigenvalue weighted by Gasteiger charge is -2.33. The van der Waals surface area contributed by atoms with Crippen molar-refractivity contribution in [2.45, 2.75) is 19.3 Å². The molecule has 0 bridgehead atoms. The Bertz CT molecular complexity index is 986. The van der Waals surface area contributed by atoms with E-state index >= 15 is 0 Å². The van der Waals surface area contributed by atoms with Crippen molar-refractivity contribution in [2.75, 3.05) is 44.7 Å². The number of carbonyl (C=O) groups is 3. The molecular weight excluding hydrogens is 454 g/mol. The van der Waals surface area contributed by atoms with Crippen LogP contribution in [0.5, 0.6) is 0 Å². The minimum Gasteiger partial charge on any atom is -0.378 e. The molecule has 2 aromatic rings. The summed E-state index contributed by atoms with van der Waals surface area (Å²) in [5.41, 5.74) is 0.541. The number of nitrogens with one attached hydrogen (secondary N) is 1. The molecule has 0 atom stereocenters. The zero-order chi connectivity index (χ0) is 22.5. The molecule has 0 unspecified atom stereocenters. The number of hydrogen-bond acceptors (Lipinski definition) is 7. The maximum absolute atomic E-state index is 12.8. The average molecular weight is 478 g/mol. The summed E-state index contributed by atoms with van der Waals surface area (Å²) in [6.07, 6.45) is 2.04. The molecule has 0 radical (unpaired) electrons. The van der Waals surface area contributed by atoms with Crippen LogP contribution in [0.25, 0.3) is 0 Å². The Labute approximate surface area is 194 Å². The first-order valence-corrected chi connectivity index (χ1v) is 11.7. The first-order chi connectivity index (χ1) is 15.5. The highest BCUT2D eigenvalue weighted by Gasteiger charge is 2.29. The van der Waals surface area contributed by atoms with Gasteiger partial charge in [-0.25, -0.2) is 0 Å². The molecule has 4 rings (SSSR count). The van der Waals surface area contributed by atoms with Crippen LogP contribution in [0, 0.1) is 5.92 Å². The first-order valence-electron chi connectivity index (χ1n) is 10.5. The maximum atomic E-state index is 12.8. The van der Waals surface area contributed by atoms with Gasteiger partial charge in [0.2, 0.25) is 15.9 Å². The SMILES string of the molecule is O=C(Nc1cccc(Cl)c1)c1nnc(C(=O)N2CCC(CC(=O)N3CCOCC3)CC2)s1. The molecule has 1 N–H and O–H groups in total. The van der Waals surface area contributed by atoms with Crippen LogP contribution in [0.2, 0.25) is 5.02 Å². The van der Waals surface area contributed by atoms with E-state index < -0.39 is 5.91 Å². The standard InChI is InChI=1S/C21H24ClN5O4S/c22-15-2-1-3-16(13-15)23-18(29)19-24-25-20(32-19)21(30)27-6-4-14(5-7-27)12-17(28)26-8-10-31-11-9-26/h1-3,13-14H,4-12H2,(H,23,29). The molecular formula is C21H24ClN5O4S. The molecule has 32 heavy (non-hydrogen) atoms. The van der Waals surface area contributed by atoms with Crippen LogP contribution in [0.4, 0.5) is 5.69 Å². The van der Waals surface area contributed by atoms with Crippen molar-refractivity contribution >= 4 is 46.3 Å². The van der Waals surface area contributed by atoms with Gasteiger partial charge < -0.3 is 19.9 Å². The van der Waals surface area contributed by atoms with Gasteiger partial charge in [0.25, 0.3) is 11.8 Å². The van der Waals surface area contributed by atoms with Crippen molar-refractivity contribution in [1.29, 1.82) is 0 Å². The van der Waals surface area contributed by atoms with Crippen LogP contribution in [-0.4, -0.2) is 77.1 Å². The van der Waals surface area contributed by atoms with Crippen molar-refractivity contribution in [2.24, 2.45) is 5.92 Å². The second-order valence-corrected chi connectivity index (χ2v) is 9.22. The summed E-state index contributed by atoms with van der Waals surface area (Å²) in [7, 11) is 0. The number of rotatable bonds is 5. The summed E-state index contributed by atoms with van der Waals surface area (Å²) in [6, 6.07) is 6.77. The largest absolute Gasteiger partial charge is 0.378 e. The lowest BCUT2D eigenvalue weighted by molar-refractivity contribution is -0.136. The fraction of sp³-hybridized carbons (Fsp3) is 0.476. The Hall–Kier alpha value is -2.56. The summed E-state index contributed by atoms with van der Waals surface area (Å²) in [4.78, 5) is 41.2. The van der Waals surface area contributed by atoms with Gasteiger partial charge in [-0.15, -0.1) is 10.2 Å². The van der Waals surface area contributed by atoms with Crippen LogP contribution in [0.3, 0.4) is 0 Å². The number of carbonyl (C=O) groups excluding carboxylic acids is 3. The van der Waals surface area contributed by atoms with Crippen molar-refractivity contribution in [3.63, 3.8) is 0 Å². The van der Waals surface area contributed by atoms with E-state index in [1.165, 1.54) is 0 Å². The number of nitrogens with zero attached hydrogens (tertiary/aromatic N) is 4. The summed E-state index contributed by atoms with van der Waals surface area (Å²) in [5.74, 6) is -0.244. The molecule has 1 aromatic carbocycles. The number of likely N-dealkylation sites (tertiary alicyclic amines) is 1. The fourth-order valence-corrected chi connectivity index (χ4v) is 4.71. The number of halogens is 1. The Morgan fingerprint density at radius 1 is 1.06 bits per heavy atom. The number of piperidine rings is 1. The molecule has 1 aromatic heterocycles. The summed E-state index contributed by atoms with van der Waals surface area (Å²) in [6.45, 7) is 3.62. The van der Waals surface area contributed by atoms with Crippen molar-refractivity contribution in [3.8, 4) is 0 Å². The predicted octanol–water partition coefficient (Wildman–Crippen LogP) is 2.54. The van der Waals surface area contributed by atoms with Crippen molar-refractivity contribution < 1.29 is 19.1 Å². The second-order valence-electron chi connectivity index (χ2n) is 7.81. The topological polar surface area (TPSA) is 105 Å². The number of ether oxygens (including phenoxy) is 1. The molecule has 2 fully saturated rings. The molecule has 2 aliphatic heterocycles. The highest BCUT2D eigenvalue weighted by atomic mass is 35.5. The second kappa shape index (κ2) is 10.4. The zero-order valence-electron chi connectivity index (χ0n) is 17.5.